The number of carbonyl (C=O) groups is 1. The van der Waals surface area contributed by atoms with E-state index in [-0.39, 0.29) is 28.8 Å². The highest BCUT2D eigenvalue weighted by atomic mass is 16.5. The van der Waals surface area contributed by atoms with E-state index < -0.39 is 0 Å². The molecule has 0 N–H and O–H groups in total. The Balaban J connectivity index is 1.68. The fraction of sp³-hybridized carbons (Fsp3) is 0.565. The molecule has 27 heavy (non-hydrogen) atoms. The predicted octanol–water partition coefficient (Wildman–Crippen LogP) is 3.28. The molecule has 2 saturated carbocycles. The van der Waals surface area contributed by atoms with Crippen molar-refractivity contribution in [3.05, 3.63) is 42.5 Å². The van der Waals surface area contributed by atoms with Gasteiger partial charge in [-0.25, -0.2) is 0 Å². The molecule has 0 radical (unpaired) electrons. The molecule has 1 aromatic carbocycles. The first-order valence-electron chi connectivity index (χ1n) is 10.2. The Morgan fingerprint density at radius 2 is 2.26 bits per heavy atom. The summed E-state index contributed by atoms with van der Waals surface area (Å²) in [4.78, 5) is 19.9. The average molecular weight is 362 g/mol. The molecule has 140 valence electrons. The van der Waals surface area contributed by atoms with Crippen LogP contribution >= 0.6 is 0 Å². The molecule has 1 spiro atoms. The van der Waals surface area contributed by atoms with Crippen LogP contribution in [0.3, 0.4) is 0 Å². The maximum atomic E-state index is 12.3. The summed E-state index contributed by atoms with van der Waals surface area (Å²) >= 11 is 0. The Labute approximate surface area is 160 Å². The lowest BCUT2D eigenvalue weighted by molar-refractivity contribution is -0.217. The van der Waals surface area contributed by atoms with Gasteiger partial charge in [-0.05, 0) is 44.4 Å². The summed E-state index contributed by atoms with van der Waals surface area (Å²) in [6.07, 6.45) is 5.02. The highest BCUT2D eigenvalue weighted by Crippen LogP contribution is 2.73. The van der Waals surface area contributed by atoms with Crippen LogP contribution in [0.5, 0.6) is 0 Å². The summed E-state index contributed by atoms with van der Waals surface area (Å²) < 4.78 is 6.37. The minimum Gasteiger partial charge on any atom is -0.372 e. The zero-order valence-electron chi connectivity index (χ0n) is 16.0. The van der Waals surface area contributed by atoms with Gasteiger partial charge in [-0.3, -0.25) is 14.7 Å². The third-order valence-electron chi connectivity index (χ3n) is 8.57. The lowest BCUT2D eigenvalue weighted by Crippen LogP contribution is -2.81. The first-order chi connectivity index (χ1) is 13.0. The monoisotopic (exact) mass is 362 g/mol. The van der Waals surface area contributed by atoms with Gasteiger partial charge in [0.25, 0.3) is 0 Å². The van der Waals surface area contributed by atoms with Crippen LogP contribution < -0.4 is 0 Å². The van der Waals surface area contributed by atoms with E-state index in [9.17, 15) is 4.79 Å². The molecule has 5 bridgehead atoms. The van der Waals surface area contributed by atoms with Crippen LogP contribution in [-0.4, -0.2) is 48.2 Å². The molecule has 0 amide bonds. The van der Waals surface area contributed by atoms with Crippen molar-refractivity contribution >= 4 is 17.2 Å². The first-order valence-corrected chi connectivity index (χ1v) is 10.2. The number of para-hydroxylation sites is 1. The van der Waals surface area contributed by atoms with Crippen LogP contribution in [0.15, 0.2) is 41.9 Å². The van der Waals surface area contributed by atoms with Crippen LogP contribution in [0.25, 0.3) is 0 Å². The number of ketones is 1. The van der Waals surface area contributed by atoms with Gasteiger partial charge < -0.3 is 4.74 Å². The summed E-state index contributed by atoms with van der Waals surface area (Å²) in [5.74, 6) is 1.30. The van der Waals surface area contributed by atoms with E-state index in [0.29, 0.717) is 24.3 Å². The lowest BCUT2D eigenvalue weighted by atomic mass is 9.35. The Kier molecular flexibility index (Phi) is 2.99. The van der Waals surface area contributed by atoms with Crippen molar-refractivity contribution < 1.29 is 9.53 Å². The van der Waals surface area contributed by atoms with Crippen molar-refractivity contribution in [3.8, 4) is 0 Å². The number of rotatable bonds is 3. The number of hydrogen-bond acceptors (Lipinski definition) is 4. The van der Waals surface area contributed by atoms with Gasteiger partial charge in [0.05, 0.1) is 29.5 Å². The van der Waals surface area contributed by atoms with Gasteiger partial charge in [0.2, 0.25) is 0 Å². The van der Waals surface area contributed by atoms with Gasteiger partial charge >= 0.3 is 0 Å². The largest absolute Gasteiger partial charge is 0.372 e. The Morgan fingerprint density at radius 1 is 1.44 bits per heavy atom. The Bertz CT molecular complexity index is 907. The van der Waals surface area contributed by atoms with Gasteiger partial charge in [0, 0.05) is 29.8 Å². The number of aliphatic imine (C=N–C) groups is 1. The molecular formula is C23H26N2O2. The maximum Gasteiger partial charge on any atom is 0.131 e. The van der Waals surface area contributed by atoms with Crippen molar-refractivity contribution in [1.82, 2.24) is 4.90 Å². The zero-order chi connectivity index (χ0) is 18.6. The Morgan fingerprint density at radius 3 is 3.04 bits per heavy atom. The summed E-state index contributed by atoms with van der Waals surface area (Å²) in [6.45, 7) is 6.94. The molecule has 3 saturated heterocycles. The number of piperidine rings is 2. The van der Waals surface area contributed by atoms with Gasteiger partial charge in [-0.2, -0.15) is 0 Å². The van der Waals surface area contributed by atoms with Crippen LogP contribution in [0.2, 0.25) is 0 Å². The molecule has 7 atom stereocenters. The molecule has 0 aromatic heterocycles. The van der Waals surface area contributed by atoms with Crippen LogP contribution in [0.4, 0.5) is 5.69 Å². The van der Waals surface area contributed by atoms with Gasteiger partial charge in [0.1, 0.15) is 5.78 Å². The molecular weight excluding hydrogens is 336 g/mol. The molecule has 4 heteroatoms. The van der Waals surface area contributed by atoms with Crippen molar-refractivity contribution in [2.24, 2.45) is 22.2 Å². The van der Waals surface area contributed by atoms with E-state index in [4.69, 9.17) is 9.73 Å². The molecule has 4 nitrogen and oxygen atoms in total. The highest BCUT2D eigenvalue weighted by Gasteiger charge is 2.77. The van der Waals surface area contributed by atoms with Gasteiger partial charge in [-0.1, -0.05) is 24.3 Å². The fourth-order valence-corrected chi connectivity index (χ4v) is 7.80. The summed E-state index contributed by atoms with van der Waals surface area (Å²) in [5.41, 5.74) is 3.33. The number of hydrogen-bond donors (Lipinski definition) is 0. The third kappa shape index (κ3) is 1.57. The quantitative estimate of drug-likeness (QED) is 0.775. The van der Waals surface area contributed by atoms with Crippen LogP contribution in [0, 0.1) is 17.3 Å². The smallest absolute Gasteiger partial charge is 0.131 e. The standard InChI is InChI=1S/C23H26N2O2/c1-4-22-16-10-19-21-23(22,15-7-5-6-8-17(15)24-21)11-18(14(16)12-27-19)25(3)20(22)9-13(2)26/h4-8,14,16,18-20H,1,9-12H2,2-3H3/t14-,16+,18-,19+,20-,22?,23-/m0/s1. The fourth-order valence-electron chi connectivity index (χ4n) is 7.80. The molecule has 5 fully saturated rings. The van der Waals surface area contributed by atoms with Crippen LogP contribution in [0.1, 0.15) is 31.7 Å². The summed E-state index contributed by atoms with van der Waals surface area (Å²) in [7, 11) is 2.21. The van der Waals surface area contributed by atoms with Gasteiger partial charge in [0.15, 0.2) is 0 Å². The molecule has 1 aromatic rings. The number of carbonyl (C=O) groups excluding carboxylic acids is 1. The molecule has 7 rings (SSSR count). The maximum absolute atomic E-state index is 12.3. The van der Waals surface area contributed by atoms with Crippen molar-refractivity contribution in [1.29, 1.82) is 0 Å². The van der Waals surface area contributed by atoms with E-state index >= 15 is 0 Å². The van der Waals surface area contributed by atoms with E-state index in [1.807, 2.05) is 0 Å². The third-order valence-corrected chi connectivity index (χ3v) is 8.57. The summed E-state index contributed by atoms with van der Waals surface area (Å²) in [5, 5.41) is 0. The van der Waals surface area contributed by atoms with Crippen LogP contribution in [-0.2, 0) is 14.9 Å². The molecule has 4 heterocycles. The predicted molar refractivity (Wildman–Crippen MR) is 104 cm³/mol. The summed E-state index contributed by atoms with van der Waals surface area (Å²) in [6, 6.07) is 9.23. The number of fused-ring (bicyclic) bond motifs is 4. The number of nitrogens with zero attached hydrogens (tertiary/aromatic N) is 2. The van der Waals surface area contributed by atoms with E-state index in [1.54, 1.807) is 6.92 Å². The number of Topliss-reactive ketones (excluding diaryl/α,β-unsaturated/α-hetero) is 1. The minimum atomic E-state index is -0.160. The number of benzene rings is 1. The zero-order valence-corrected chi connectivity index (χ0v) is 16.0. The molecule has 4 aliphatic heterocycles. The second-order valence-electron chi connectivity index (χ2n) is 9.24. The topological polar surface area (TPSA) is 41.9 Å². The lowest BCUT2D eigenvalue weighted by Gasteiger charge is -2.75. The Hall–Kier alpha value is -1.78. The molecule has 1 unspecified atom stereocenters. The number of ether oxygens (including phenoxy) is 1. The van der Waals surface area contributed by atoms with Crippen molar-refractivity contribution in [3.63, 3.8) is 0 Å². The minimum absolute atomic E-state index is 0.119. The second-order valence-corrected chi connectivity index (χ2v) is 9.24. The van der Waals surface area contributed by atoms with Crippen molar-refractivity contribution in [2.45, 2.75) is 49.8 Å². The van der Waals surface area contributed by atoms with Crippen molar-refractivity contribution in [2.75, 3.05) is 13.7 Å². The van der Waals surface area contributed by atoms with E-state index in [0.717, 1.165) is 25.1 Å². The normalized spacial score (nSPS) is 46.0. The molecule has 6 aliphatic rings. The molecule has 2 aliphatic carbocycles. The van der Waals surface area contributed by atoms with Gasteiger partial charge in [-0.15, -0.1) is 6.58 Å². The van der Waals surface area contributed by atoms with E-state index in [1.165, 1.54) is 11.3 Å². The highest BCUT2D eigenvalue weighted by molar-refractivity contribution is 6.07. The first kappa shape index (κ1) is 16.2. The second kappa shape index (κ2) is 4.98. The average Bonchev–Trinajstić information content (AvgIpc) is 2.98. The SMILES string of the molecule is C=CC12[C@@H]3C[C@H]4OC[C@@H]3[C@H](C[C@]13C4=Nc1ccccc13)N(C)[C@H]2CC(C)=O. The van der Waals surface area contributed by atoms with E-state index in [2.05, 4.69) is 48.9 Å².